The molecule has 10 aromatic rings. The Morgan fingerprint density at radius 2 is 0.869 bits per heavy atom. The van der Waals surface area contributed by atoms with Crippen molar-refractivity contribution in [2.45, 2.75) is 6.92 Å². The lowest BCUT2D eigenvalue weighted by Crippen LogP contribution is -2.07. The van der Waals surface area contributed by atoms with Gasteiger partial charge in [0.25, 0.3) is 0 Å². The van der Waals surface area contributed by atoms with Gasteiger partial charge in [-0.15, -0.1) is 0 Å². The molecule has 0 radical (unpaired) electrons. The van der Waals surface area contributed by atoms with Crippen LogP contribution in [0.25, 0.3) is 99.3 Å². The summed E-state index contributed by atoms with van der Waals surface area (Å²) in [6.45, 7) is 6.68. The third-order valence-corrected chi connectivity index (χ3v) is 12.6. The number of fused-ring (bicyclic) bond motifs is 7. The van der Waals surface area contributed by atoms with Gasteiger partial charge in [-0.25, -0.2) is 0 Å². The van der Waals surface area contributed by atoms with Crippen LogP contribution in [-0.2, 0) is 0 Å². The van der Waals surface area contributed by atoms with E-state index in [1.54, 1.807) is 0 Å². The minimum absolute atomic E-state index is 0.855. The Morgan fingerprint density at radius 3 is 1.51 bits per heavy atom. The van der Waals surface area contributed by atoms with E-state index in [0.717, 1.165) is 67.3 Å². The fourth-order valence-electron chi connectivity index (χ4n) is 9.84. The highest BCUT2D eigenvalue weighted by atomic mass is 16.5. The molecule has 0 N–H and O–H groups in total. The van der Waals surface area contributed by atoms with Crippen LogP contribution in [0.2, 0.25) is 0 Å². The molecule has 0 amide bonds. The van der Waals surface area contributed by atoms with Gasteiger partial charge in [0, 0.05) is 22.1 Å². The highest BCUT2D eigenvalue weighted by molar-refractivity contribution is 6.21. The molecule has 0 unspecified atom stereocenters. The van der Waals surface area contributed by atoms with Crippen molar-refractivity contribution < 1.29 is 9.47 Å². The number of rotatable bonds is 5. The number of ether oxygens (including phenoxy) is 2. The van der Waals surface area contributed by atoms with Crippen LogP contribution in [0.5, 0.6) is 17.2 Å². The first-order valence-electron chi connectivity index (χ1n) is 20.9. The van der Waals surface area contributed by atoms with Crippen LogP contribution >= 0.6 is 0 Å². The molecule has 2 heterocycles. The summed E-state index contributed by atoms with van der Waals surface area (Å²) in [6.07, 6.45) is 2.05. The van der Waals surface area contributed by atoms with Crippen molar-refractivity contribution in [2.24, 2.45) is 0 Å². The largest absolute Gasteiger partial charge is 0.456 e. The molecule has 2 nitrogen and oxygen atoms in total. The smallest absolute Gasteiger partial charge is 0.135 e. The number of para-hydroxylation sites is 2. The molecule has 0 aromatic heterocycles. The molecule has 0 saturated heterocycles. The second-order valence-electron chi connectivity index (χ2n) is 15.9. The van der Waals surface area contributed by atoms with E-state index in [1.807, 2.05) is 37.3 Å². The van der Waals surface area contributed by atoms with E-state index in [0.29, 0.717) is 0 Å². The first kappa shape index (κ1) is 35.0. The van der Waals surface area contributed by atoms with Gasteiger partial charge >= 0.3 is 0 Å². The fraction of sp³-hybridized carbons (Fsp3) is 0.0169. The van der Waals surface area contributed by atoms with Crippen molar-refractivity contribution in [1.29, 1.82) is 0 Å². The lowest BCUT2D eigenvalue weighted by atomic mass is 9.84. The molecule has 0 aliphatic carbocycles. The molecule has 61 heavy (non-hydrogen) atoms. The Morgan fingerprint density at radius 1 is 0.377 bits per heavy atom. The van der Waals surface area contributed by atoms with E-state index in [-0.39, 0.29) is 0 Å². The average molecular weight is 779 g/mol. The summed E-state index contributed by atoms with van der Waals surface area (Å²) in [5.41, 5.74) is 16.0. The maximum Gasteiger partial charge on any atom is 0.135 e. The highest BCUT2D eigenvalue weighted by Crippen LogP contribution is 2.50. The van der Waals surface area contributed by atoms with E-state index in [2.05, 4.69) is 176 Å². The molecular formula is C59H38O2. The van der Waals surface area contributed by atoms with Gasteiger partial charge in [-0.05, 0) is 119 Å². The van der Waals surface area contributed by atoms with Gasteiger partial charge < -0.3 is 9.47 Å². The Balaban J connectivity index is 0.936. The number of hydrogen-bond donors (Lipinski definition) is 0. The summed E-state index contributed by atoms with van der Waals surface area (Å²) in [6, 6.07) is 69.7. The van der Waals surface area contributed by atoms with Crippen LogP contribution in [0.3, 0.4) is 0 Å². The van der Waals surface area contributed by atoms with E-state index < -0.39 is 0 Å². The first-order chi connectivity index (χ1) is 30.1. The predicted molar refractivity (Wildman–Crippen MR) is 255 cm³/mol. The van der Waals surface area contributed by atoms with E-state index >= 15 is 0 Å². The minimum atomic E-state index is 0.855. The summed E-state index contributed by atoms with van der Waals surface area (Å²) >= 11 is 0. The van der Waals surface area contributed by atoms with Crippen molar-refractivity contribution in [1.82, 2.24) is 0 Å². The van der Waals surface area contributed by atoms with Crippen molar-refractivity contribution in [2.75, 3.05) is 0 Å². The minimum Gasteiger partial charge on any atom is -0.456 e. The molecule has 2 heteroatoms. The van der Waals surface area contributed by atoms with Gasteiger partial charge in [0.1, 0.15) is 23.0 Å². The number of benzene rings is 10. The van der Waals surface area contributed by atoms with E-state index in [9.17, 15) is 0 Å². The molecule has 0 saturated carbocycles. The topological polar surface area (TPSA) is 18.5 Å². The van der Waals surface area contributed by atoms with Crippen LogP contribution in [0.1, 0.15) is 23.6 Å². The third-order valence-electron chi connectivity index (χ3n) is 12.6. The van der Waals surface area contributed by atoms with Gasteiger partial charge in [-0.3, -0.25) is 0 Å². The number of hydrogen-bond acceptors (Lipinski definition) is 2. The van der Waals surface area contributed by atoms with Crippen LogP contribution in [0.4, 0.5) is 0 Å². The van der Waals surface area contributed by atoms with Crippen LogP contribution in [-0.4, -0.2) is 0 Å². The molecule has 0 bridgehead atoms. The quantitative estimate of drug-likeness (QED) is 0.162. The molecule has 12 rings (SSSR count). The third kappa shape index (κ3) is 5.43. The normalized spacial score (nSPS) is 13.0. The molecule has 0 atom stereocenters. The van der Waals surface area contributed by atoms with Crippen LogP contribution in [0.15, 0.2) is 207 Å². The van der Waals surface area contributed by atoms with Gasteiger partial charge in [-0.1, -0.05) is 183 Å². The Labute approximate surface area is 354 Å². The van der Waals surface area contributed by atoms with Crippen molar-refractivity contribution in [3.63, 3.8) is 0 Å². The van der Waals surface area contributed by atoms with Crippen molar-refractivity contribution in [3.8, 4) is 72.9 Å². The van der Waals surface area contributed by atoms with Crippen molar-refractivity contribution in [3.05, 3.63) is 223 Å². The number of allylic oxidation sites excluding steroid dienone is 1. The standard InChI is InChI=1S/C59H38O2/c1-3-52-58-41(20-12-22-46(58)43-14-8-10-24-53(43)60-52)36(2)37-26-30-39(31-27-37)56-48-16-4-6-18-50(48)57(51-19-7-5-17-49(51)56)40-32-28-38(29-33-40)42-34-35-55-59-45(42)21-13-23-47(59)44-15-9-11-25-54(44)61-55/h3-35H,2H2,1H3/b52-3+. The molecule has 2 aliphatic heterocycles. The molecule has 0 spiro atoms. The Bertz CT molecular complexity index is 3420. The monoisotopic (exact) mass is 778 g/mol. The lowest BCUT2D eigenvalue weighted by Gasteiger charge is -2.26. The zero-order valence-electron chi connectivity index (χ0n) is 33.6. The lowest BCUT2D eigenvalue weighted by molar-refractivity contribution is 0.487. The molecular weight excluding hydrogens is 741 g/mol. The molecule has 0 fully saturated rings. The molecule has 2 aliphatic rings. The SMILES string of the molecule is C=C(c1ccc(-c2c3ccccc3c(-c3ccc(-c4ccc5c6c(cccc46)-c4ccccc4O5)cc3)c3ccccc23)cc1)c1cccc2c1/C(=C\C)Oc1ccccc1-2. The summed E-state index contributed by atoms with van der Waals surface area (Å²) in [7, 11) is 0. The maximum absolute atomic E-state index is 6.42. The van der Waals surface area contributed by atoms with Gasteiger partial charge in [0.15, 0.2) is 0 Å². The van der Waals surface area contributed by atoms with E-state index in [4.69, 9.17) is 9.47 Å². The second kappa shape index (κ2) is 13.8. The van der Waals surface area contributed by atoms with Gasteiger partial charge in [0.2, 0.25) is 0 Å². The van der Waals surface area contributed by atoms with Gasteiger partial charge in [0.05, 0.1) is 0 Å². The Kier molecular flexibility index (Phi) is 7.95. The maximum atomic E-state index is 6.42. The fourth-order valence-corrected chi connectivity index (χ4v) is 9.84. The average Bonchev–Trinajstić information content (AvgIpc) is 3.33. The molecule has 286 valence electrons. The predicted octanol–water partition coefficient (Wildman–Crippen LogP) is 16.4. The summed E-state index contributed by atoms with van der Waals surface area (Å²) in [5, 5.41) is 7.25. The highest BCUT2D eigenvalue weighted by Gasteiger charge is 2.26. The van der Waals surface area contributed by atoms with Crippen LogP contribution in [0, 0.1) is 0 Å². The van der Waals surface area contributed by atoms with E-state index in [1.165, 1.54) is 65.9 Å². The first-order valence-corrected chi connectivity index (χ1v) is 20.9. The molecule has 10 aromatic carbocycles. The van der Waals surface area contributed by atoms with Gasteiger partial charge in [-0.2, -0.15) is 0 Å². The Hall–Kier alpha value is -7.94. The summed E-state index contributed by atoms with van der Waals surface area (Å²) in [4.78, 5) is 0. The zero-order chi connectivity index (χ0) is 40.6. The second-order valence-corrected chi connectivity index (χ2v) is 15.9. The summed E-state index contributed by atoms with van der Waals surface area (Å²) in [5.74, 6) is 3.54. The zero-order valence-corrected chi connectivity index (χ0v) is 33.6. The van der Waals surface area contributed by atoms with Crippen LogP contribution < -0.4 is 9.47 Å². The summed E-state index contributed by atoms with van der Waals surface area (Å²) < 4.78 is 12.8. The van der Waals surface area contributed by atoms with Crippen molar-refractivity contribution >= 4 is 43.6 Å².